The highest BCUT2D eigenvalue weighted by molar-refractivity contribution is 4.96. The second kappa shape index (κ2) is 4.52. The third-order valence-corrected chi connectivity index (χ3v) is 4.49. The second-order valence-corrected chi connectivity index (χ2v) is 7.05. The van der Waals surface area contributed by atoms with Crippen LogP contribution in [0.25, 0.3) is 0 Å². The van der Waals surface area contributed by atoms with E-state index in [1.165, 1.54) is 45.4 Å². The normalized spacial score (nSPS) is 31.6. The molecule has 2 aliphatic heterocycles. The number of likely N-dealkylation sites (N-methyl/N-ethyl adjacent to an activating group) is 1. The molecule has 0 unspecified atom stereocenters. The monoisotopic (exact) mass is 239 g/mol. The maximum Gasteiger partial charge on any atom is 0.0306 e. The van der Waals surface area contributed by atoms with Crippen LogP contribution in [0.5, 0.6) is 0 Å². The minimum Gasteiger partial charge on any atom is -0.304 e. The number of hydrazine groups is 1. The molecule has 2 saturated heterocycles. The van der Waals surface area contributed by atoms with E-state index in [9.17, 15) is 0 Å². The molecule has 0 atom stereocenters. The predicted molar refractivity (Wildman–Crippen MR) is 72.9 cm³/mol. The summed E-state index contributed by atoms with van der Waals surface area (Å²) in [6.45, 7) is 14.4. The highest BCUT2D eigenvalue weighted by atomic mass is 15.7. The van der Waals surface area contributed by atoms with Gasteiger partial charge < -0.3 is 4.90 Å². The molecule has 2 fully saturated rings. The van der Waals surface area contributed by atoms with E-state index in [2.05, 4.69) is 49.7 Å². The molecule has 0 aromatic heterocycles. The summed E-state index contributed by atoms with van der Waals surface area (Å²) < 4.78 is 0. The molecule has 0 amide bonds. The van der Waals surface area contributed by atoms with Crippen molar-refractivity contribution >= 4 is 0 Å². The molecule has 0 aromatic carbocycles. The van der Waals surface area contributed by atoms with Gasteiger partial charge in [-0.1, -0.05) is 0 Å². The molecule has 0 bridgehead atoms. The molecule has 3 nitrogen and oxygen atoms in total. The van der Waals surface area contributed by atoms with Gasteiger partial charge in [0.05, 0.1) is 0 Å². The summed E-state index contributed by atoms with van der Waals surface area (Å²) in [6, 6.07) is 0. The number of piperazine rings is 1. The van der Waals surface area contributed by atoms with Gasteiger partial charge in [-0.2, -0.15) is 0 Å². The molecular weight excluding hydrogens is 210 g/mol. The zero-order valence-corrected chi connectivity index (χ0v) is 12.3. The van der Waals surface area contributed by atoms with Crippen LogP contribution in [0.1, 0.15) is 47.0 Å². The van der Waals surface area contributed by atoms with Crippen LogP contribution in [-0.2, 0) is 0 Å². The summed E-state index contributed by atoms with van der Waals surface area (Å²) in [5, 5.41) is 5.30. The van der Waals surface area contributed by atoms with Crippen LogP contribution >= 0.6 is 0 Å². The summed E-state index contributed by atoms with van der Waals surface area (Å²) in [5.74, 6) is 0. The first-order valence-corrected chi connectivity index (χ1v) is 7.07. The van der Waals surface area contributed by atoms with E-state index in [0.29, 0.717) is 11.1 Å². The van der Waals surface area contributed by atoms with Crippen molar-refractivity contribution in [2.45, 2.75) is 58.0 Å². The Morgan fingerprint density at radius 2 is 1.24 bits per heavy atom. The van der Waals surface area contributed by atoms with E-state index >= 15 is 0 Å². The molecule has 100 valence electrons. The number of hydrogen-bond acceptors (Lipinski definition) is 3. The van der Waals surface area contributed by atoms with Gasteiger partial charge in [-0.25, -0.2) is 10.0 Å². The Morgan fingerprint density at radius 1 is 0.765 bits per heavy atom. The smallest absolute Gasteiger partial charge is 0.0306 e. The van der Waals surface area contributed by atoms with Crippen LogP contribution < -0.4 is 0 Å². The topological polar surface area (TPSA) is 9.72 Å². The Bertz CT molecular complexity index is 249. The van der Waals surface area contributed by atoms with E-state index in [4.69, 9.17) is 0 Å². The van der Waals surface area contributed by atoms with E-state index < -0.39 is 0 Å². The lowest BCUT2D eigenvalue weighted by Gasteiger charge is -2.58. The van der Waals surface area contributed by atoms with Crippen molar-refractivity contribution in [1.82, 2.24) is 14.9 Å². The summed E-state index contributed by atoms with van der Waals surface area (Å²) >= 11 is 0. The molecule has 3 heteroatoms. The first-order valence-electron chi connectivity index (χ1n) is 7.07. The predicted octanol–water partition coefficient (Wildman–Crippen LogP) is 2.19. The molecule has 2 rings (SSSR count). The molecule has 2 heterocycles. The van der Waals surface area contributed by atoms with Crippen molar-refractivity contribution in [3.63, 3.8) is 0 Å². The molecule has 0 aromatic rings. The fourth-order valence-electron chi connectivity index (χ4n) is 3.75. The van der Waals surface area contributed by atoms with Crippen molar-refractivity contribution in [3.8, 4) is 0 Å². The van der Waals surface area contributed by atoms with Gasteiger partial charge in [0.25, 0.3) is 0 Å². The third-order valence-electron chi connectivity index (χ3n) is 4.49. The number of piperidine rings is 1. The van der Waals surface area contributed by atoms with Crippen LogP contribution in [0.3, 0.4) is 0 Å². The maximum atomic E-state index is 2.69. The quantitative estimate of drug-likeness (QED) is 0.694. The lowest BCUT2D eigenvalue weighted by molar-refractivity contribution is -0.193. The van der Waals surface area contributed by atoms with E-state index in [-0.39, 0.29) is 0 Å². The second-order valence-electron chi connectivity index (χ2n) is 7.05. The van der Waals surface area contributed by atoms with Gasteiger partial charge in [0.1, 0.15) is 0 Å². The van der Waals surface area contributed by atoms with E-state index in [1.807, 2.05) is 0 Å². The van der Waals surface area contributed by atoms with Crippen LogP contribution in [-0.4, -0.2) is 59.2 Å². The number of nitrogens with zero attached hydrogens (tertiary/aromatic N) is 3. The van der Waals surface area contributed by atoms with Crippen molar-refractivity contribution < 1.29 is 0 Å². The molecule has 0 spiro atoms. The fraction of sp³-hybridized carbons (Fsp3) is 1.00. The van der Waals surface area contributed by atoms with Crippen LogP contribution in [0.2, 0.25) is 0 Å². The van der Waals surface area contributed by atoms with Gasteiger partial charge in [-0.3, -0.25) is 0 Å². The average Bonchev–Trinajstić information content (AvgIpc) is 2.18. The third kappa shape index (κ3) is 2.67. The fourth-order valence-corrected chi connectivity index (χ4v) is 3.75. The van der Waals surface area contributed by atoms with Gasteiger partial charge in [0.2, 0.25) is 0 Å². The minimum atomic E-state index is 0.317. The molecular formula is C14H29N3. The summed E-state index contributed by atoms with van der Waals surface area (Å²) in [6.07, 6.45) is 4.01. The molecule has 0 saturated carbocycles. The number of hydrogen-bond donors (Lipinski definition) is 0. The largest absolute Gasteiger partial charge is 0.304 e. The first kappa shape index (κ1) is 13.3. The molecule has 0 radical (unpaired) electrons. The Balaban J connectivity index is 2.14. The lowest BCUT2D eigenvalue weighted by atomic mass is 9.81. The Morgan fingerprint density at radius 3 is 1.71 bits per heavy atom. The van der Waals surface area contributed by atoms with E-state index in [0.717, 1.165) is 0 Å². The lowest BCUT2D eigenvalue weighted by Crippen LogP contribution is -2.68. The Kier molecular flexibility index (Phi) is 3.54. The van der Waals surface area contributed by atoms with Gasteiger partial charge in [-0.05, 0) is 54.0 Å². The van der Waals surface area contributed by atoms with Crippen molar-refractivity contribution in [3.05, 3.63) is 0 Å². The molecule has 17 heavy (non-hydrogen) atoms. The van der Waals surface area contributed by atoms with Gasteiger partial charge in [0, 0.05) is 37.3 Å². The first-order chi connectivity index (χ1) is 7.83. The molecule has 0 aliphatic carbocycles. The highest BCUT2D eigenvalue weighted by Gasteiger charge is 2.44. The zero-order chi connectivity index (χ0) is 12.7. The van der Waals surface area contributed by atoms with Gasteiger partial charge in [-0.15, -0.1) is 0 Å². The van der Waals surface area contributed by atoms with Crippen molar-refractivity contribution in [2.24, 2.45) is 0 Å². The van der Waals surface area contributed by atoms with E-state index in [1.54, 1.807) is 0 Å². The van der Waals surface area contributed by atoms with Gasteiger partial charge >= 0.3 is 0 Å². The average molecular weight is 239 g/mol. The Labute approximate surface area is 107 Å². The maximum absolute atomic E-state index is 2.69. The highest BCUT2D eigenvalue weighted by Crippen LogP contribution is 2.39. The minimum absolute atomic E-state index is 0.317. The standard InChI is InChI=1S/C14H29N3/c1-13(2)7-6-8-14(3,4)17(13)16-11-9-15(5)10-12-16/h6-12H2,1-5H3. The molecule has 2 aliphatic rings. The van der Waals surface area contributed by atoms with Crippen molar-refractivity contribution in [1.29, 1.82) is 0 Å². The van der Waals surface area contributed by atoms with Gasteiger partial charge in [0.15, 0.2) is 0 Å². The summed E-state index contributed by atoms with van der Waals surface area (Å²) in [7, 11) is 2.23. The van der Waals surface area contributed by atoms with Crippen LogP contribution in [0, 0.1) is 0 Å². The number of rotatable bonds is 1. The van der Waals surface area contributed by atoms with Crippen molar-refractivity contribution in [2.75, 3.05) is 33.2 Å². The summed E-state index contributed by atoms with van der Waals surface area (Å²) in [4.78, 5) is 2.43. The SMILES string of the molecule is CN1CCN(N2C(C)(C)CCCC2(C)C)CC1. The van der Waals surface area contributed by atoms with Crippen LogP contribution in [0.15, 0.2) is 0 Å². The molecule has 0 N–H and O–H groups in total. The zero-order valence-electron chi connectivity index (χ0n) is 12.3. The summed E-state index contributed by atoms with van der Waals surface area (Å²) in [5.41, 5.74) is 0.634. The van der Waals surface area contributed by atoms with Crippen LogP contribution in [0.4, 0.5) is 0 Å². The Hall–Kier alpha value is -0.120.